The molecule has 130 valence electrons. The molecule has 1 amide bonds. The number of thiazole rings is 1. The number of amides is 1. The highest BCUT2D eigenvalue weighted by Gasteiger charge is 2.35. The Balaban J connectivity index is 1.91. The second-order valence-corrected chi connectivity index (χ2v) is 8.79. The number of aromatic nitrogens is 1. The Morgan fingerprint density at radius 2 is 2.12 bits per heavy atom. The molecule has 24 heavy (non-hydrogen) atoms. The fourth-order valence-electron chi connectivity index (χ4n) is 3.16. The van der Waals surface area contributed by atoms with Crippen molar-refractivity contribution >= 4 is 27.6 Å². The quantitative estimate of drug-likeness (QED) is 0.722. The largest absolute Gasteiger partial charge is 0.444 e. The van der Waals surface area contributed by atoms with Crippen LogP contribution in [-0.4, -0.2) is 28.1 Å². The fraction of sp³-hybridized carbons (Fsp3) is 0.579. The van der Waals surface area contributed by atoms with Gasteiger partial charge in [0.05, 0.1) is 16.3 Å². The Hall–Kier alpha value is -1.62. The summed E-state index contributed by atoms with van der Waals surface area (Å²) in [6.45, 7) is 10.8. The monoisotopic (exact) mass is 346 g/mol. The Morgan fingerprint density at radius 1 is 1.38 bits per heavy atom. The molecule has 4 nitrogen and oxygen atoms in total. The van der Waals surface area contributed by atoms with Crippen LogP contribution in [0.25, 0.3) is 10.2 Å². The Bertz CT molecular complexity index is 745. The summed E-state index contributed by atoms with van der Waals surface area (Å²) >= 11 is 1.70. The van der Waals surface area contributed by atoms with Crippen molar-refractivity contribution in [3.05, 3.63) is 28.8 Å². The van der Waals surface area contributed by atoms with Crippen molar-refractivity contribution in [2.75, 3.05) is 6.54 Å². The number of hydrogen-bond acceptors (Lipinski definition) is 4. The van der Waals surface area contributed by atoms with Gasteiger partial charge in [-0.05, 0) is 51.2 Å². The predicted octanol–water partition coefficient (Wildman–Crippen LogP) is 5.49. The van der Waals surface area contributed by atoms with Gasteiger partial charge in [0.1, 0.15) is 10.6 Å². The molecule has 0 saturated carbocycles. The average Bonchev–Trinajstić information content (AvgIpc) is 3.10. The summed E-state index contributed by atoms with van der Waals surface area (Å²) in [6, 6.07) is 6.41. The van der Waals surface area contributed by atoms with Gasteiger partial charge in [0.25, 0.3) is 0 Å². The minimum absolute atomic E-state index is 0.0391. The Morgan fingerprint density at radius 3 is 2.79 bits per heavy atom. The van der Waals surface area contributed by atoms with Gasteiger partial charge in [-0.3, -0.25) is 4.90 Å². The number of benzene rings is 1. The van der Waals surface area contributed by atoms with Crippen molar-refractivity contribution < 1.29 is 9.53 Å². The molecule has 0 unspecified atom stereocenters. The number of carbonyl (C=O) groups is 1. The van der Waals surface area contributed by atoms with Crippen molar-refractivity contribution in [3.8, 4) is 0 Å². The number of rotatable bonds is 2. The number of para-hydroxylation sites is 1. The van der Waals surface area contributed by atoms with Crippen LogP contribution in [0.15, 0.2) is 18.2 Å². The van der Waals surface area contributed by atoms with Crippen molar-refractivity contribution in [1.82, 2.24) is 9.88 Å². The molecule has 0 N–H and O–H groups in total. The van der Waals surface area contributed by atoms with Crippen LogP contribution in [-0.2, 0) is 4.74 Å². The van der Waals surface area contributed by atoms with Crippen LogP contribution < -0.4 is 0 Å². The molecule has 1 aliphatic heterocycles. The molecule has 1 aliphatic rings. The highest BCUT2D eigenvalue weighted by Crippen LogP contribution is 2.38. The first-order valence-electron chi connectivity index (χ1n) is 8.65. The van der Waals surface area contributed by atoms with Crippen LogP contribution in [0.3, 0.4) is 0 Å². The first-order chi connectivity index (χ1) is 11.3. The zero-order chi connectivity index (χ0) is 17.5. The lowest BCUT2D eigenvalue weighted by Gasteiger charge is -2.27. The smallest absolute Gasteiger partial charge is 0.410 e. The number of hydrogen-bond donors (Lipinski definition) is 0. The zero-order valence-corrected chi connectivity index (χ0v) is 15.9. The lowest BCUT2D eigenvalue weighted by molar-refractivity contribution is 0.0224. The van der Waals surface area contributed by atoms with E-state index in [0.717, 1.165) is 29.9 Å². The molecule has 1 saturated heterocycles. The summed E-state index contributed by atoms with van der Waals surface area (Å²) in [5.74, 6) is 0.439. The average molecular weight is 346 g/mol. The lowest BCUT2D eigenvalue weighted by atomic mass is 10.0. The van der Waals surface area contributed by atoms with Gasteiger partial charge in [-0.15, -0.1) is 11.3 Å². The molecule has 0 radical (unpaired) electrons. The highest BCUT2D eigenvalue weighted by molar-refractivity contribution is 7.18. The normalized spacial score (nSPS) is 18.6. The molecule has 1 aromatic carbocycles. The lowest BCUT2D eigenvalue weighted by Crippen LogP contribution is -2.36. The van der Waals surface area contributed by atoms with Gasteiger partial charge in [-0.25, -0.2) is 9.78 Å². The highest BCUT2D eigenvalue weighted by atomic mass is 32.1. The Labute approximate surface area is 147 Å². The van der Waals surface area contributed by atoms with E-state index in [1.807, 2.05) is 25.7 Å². The van der Waals surface area contributed by atoms with E-state index in [9.17, 15) is 4.79 Å². The molecule has 5 heteroatoms. The number of ether oxygens (including phenoxy) is 1. The molecular formula is C19H26N2O2S. The summed E-state index contributed by atoms with van der Waals surface area (Å²) in [6.07, 6.45) is 1.72. The van der Waals surface area contributed by atoms with Gasteiger partial charge in [0.2, 0.25) is 0 Å². The van der Waals surface area contributed by atoms with Crippen molar-refractivity contribution in [2.45, 2.75) is 65.0 Å². The van der Waals surface area contributed by atoms with Crippen LogP contribution in [0.5, 0.6) is 0 Å². The molecule has 0 spiro atoms. The second-order valence-electron chi connectivity index (χ2n) is 7.73. The maximum absolute atomic E-state index is 12.5. The molecule has 0 bridgehead atoms. The van der Waals surface area contributed by atoms with E-state index in [2.05, 4.69) is 32.0 Å². The van der Waals surface area contributed by atoms with E-state index in [1.165, 1.54) is 10.3 Å². The van der Waals surface area contributed by atoms with Crippen molar-refractivity contribution in [2.24, 2.45) is 0 Å². The van der Waals surface area contributed by atoms with Crippen molar-refractivity contribution in [3.63, 3.8) is 0 Å². The van der Waals surface area contributed by atoms with E-state index < -0.39 is 5.60 Å². The van der Waals surface area contributed by atoms with Crippen LogP contribution >= 0.6 is 11.3 Å². The maximum Gasteiger partial charge on any atom is 0.410 e. The molecular weight excluding hydrogens is 320 g/mol. The summed E-state index contributed by atoms with van der Waals surface area (Å²) in [5, 5.41) is 1.03. The minimum atomic E-state index is -0.470. The maximum atomic E-state index is 12.5. The second kappa shape index (κ2) is 6.36. The first kappa shape index (κ1) is 17.2. The van der Waals surface area contributed by atoms with Gasteiger partial charge in [0, 0.05) is 6.54 Å². The van der Waals surface area contributed by atoms with Gasteiger partial charge in [-0.1, -0.05) is 26.0 Å². The summed E-state index contributed by atoms with van der Waals surface area (Å²) in [4.78, 5) is 19.3. The molecule has 1 atom stereocenters. The van der Waals surface area contributed by atoms with Crippen molar-refractivity contribution in [1.29, 1.82) is 0 Å². The van der Waals surface area contributed by atoms with Gasteiger partial charge in [0.15, 0.2) is 0 Å². The third-order valence-corrected chi connectivity index (χ3v) is 5.38. The number of likely N-dealkylation sites (tertiary alicyclic amines) is 1. The van der Waals surface area contributed by atoms with E-state index >= 15 is 0 Å². The molecule has 1 aromatic heterocycles. The molecule has 2 heterocycles. The number of nitrogens with zero attached hydrogens (tertiary/aromatic N) is 2. The first-order valence-corrected chi connectivity index (χ1v) is 9.47. The SMILES string of the molecule is CC(C)c1cccc2sc([C@@H]3CCCN3C(=O)OC(C)(C)C)nc12. The van der Waals surface area contributed by atoms with Gasteiger partial charge >= 0.3 is 6.09 Å². The molecule has 3 rings (SSSR count). The van der Waals surface area contributed by atoms with E-state index in [4.69, 9.17) is 9.72 Å². The number of fused-ring (bicyclic) bond motifs is 1. The summed E-state index contributed by atoms with van der Waals surface area (Å²) in [7, 11) is 0. The fourth-order valence-corrected chi connectivity index (χ4v) is 4.31. The van der Waals surface area contributed by atoms with E-state index in [1.54, 1.807) is 11.3 Å². The van der Waals surface area contributed by atoms with Crippen LogP contribution in [0.2, 0.25) is 0 Å². The molecule has 2 aromatic rings. The molecule has 0 aliphatic carbocycles. The van der Waals surface area contributed by atoms with Gasteiger partial charge < -0.3 is 4.74 Å². The van der Waals surface area contributed by atoms with Crippen LogP contribution in [0.1, 0.15) is 70.0 Å². The zero-order valence-electron chi connectivity index (χ0n) is 15.1. The predicted molar refractivity (Wildman–Crippen MR) is 98.6 cm³/mol. The summed E-state index contributed by atoms with van der Waals surface area (Å²) < 4.78 is 6.77. The van der Waals surface area contributed by atoms with E-state index in [-0.39, 0.29) is 12.1 Å². The number of carbonyl (C=O) groups excluding carboxylic acids is 1. The van der Waals surface area contributed by atoms with Crippen LogP contribution in [0, 0.1) is 0 Å². The minimum Gasteiger partial charge on any atom is -0.444 e. The molecule has 1 fully saturated rings. The van der Waals surface area contributed by atoms with Crippen LogP contribution in [0.4, 0.5) is 4.79 Å². The standard InChI is InChI=1S/C19H26N2O2S/c1-12(2)13-8-6-10-15-16(13)20-17(24-15)14-9-7-11-21(14)18(22)23-19(3,4)5/h6,8,10,12,14H,7,9,11H2,1-5H3/t14-/m0/s1. The Kier molecular flexibility index (Phi) is 4.56. The third-order valence-electron chi connectivity index (χ3n) is 4.25. The topological polar surface area (TPSA) is 42.4 Å². The van der Waals surface area contributed by atoms with Gasteiger partial charge in [-0.2, -0.15) is 0 Å². The summed E-state index contributed by atoms with van der Waals surface area (Å²) in [5.41, 5.74) is 1.89. The van der Waals surface area contributed by atoms with E-state index in [0.29, 0.717) is 5.92 Å². The third kappa shape index (κ3) is 3.41.